The van der Waals surface area contributed by atoms with Gasteiger partial charge in [-0.05, 0) is 18.1 Å². The Morgan fingerprint density at radius 2 is 2.11 bits per heavy atom. The second kappa shape index (κ2) is 6.56. The molecule has 0 aliphatic carbocycles. The lowest BCUT2D eigenvalue weighted by atomic mass is 9.94. The lowest BCUT2D eigenvalue weighted by molar-refractivity contribution is -0.137. The third kappa shape index (κ3) is 4.24. The Hall–Kier alpha value is -1.56. The minimum absolute atomic E-state index is 0.0916. The molecule has 0 radical (unpaired) electrons. The molecule has 1 rings (SSSR count). The number of aliphatic hydroxyl groups is 1. The predicted octanol–water partition coefficient (Wildman–Crippen LogP) is 2.31. The first-order valence-corrected chi connectivity index (χ1v) is 5.95. The Kier molecular flexibility index (Phi) is 5.35. The number of alkyl halides is 3. The minimum Gasteiger partial charge on any atom is -0.395 e. The molecule has 0 saturated carbocycles. The Balaban J connectivity index is 2.96. The lowest BCUT2D eigenvalue weighted by Crippen LogP contribution is -2.31. The third-order valence-corrected chi connectivity index (χ3v) is 2.75. The number of aliphatic hydroxyl groups excluding tert-OH is 1. The van der Waals surface area contributed by atoms with Gasteiger partial charge in [0.05, 0.1) is 18.1 Å². The smallest absolute Gasteiger partial charge is 0.395 e. The van der Waals surface area contributed by atoms with Gasteiger partial charge in [-0.25, -0.2) is 0 Å². The zero-order valence-electron chi connectivity index (χ0n) is 10.5. The molecular weight excluding hydrogens is 259 g/mol. The molecule has 3 nitrogen and oxygen atoms in total. The van der Waals surface area contributed by atoms with E-state index in [1.54, 1.807) is 6.92 Å². The molecule has 106 valence electrons. The van der Waals surface area contributed by atoms with Crippen LogP contribution in [0.4, 0.5) is 13.2 Å². The Morgan fingerprint density at radius 1 is 1.42 bits per heavy atom. The summed E-state index contributed by atoms with van der Waals surface area (Å²) in [6, 6.07) is 4.76. The van der Waals surface area contributed by atoms with Crippen LogP contribution in [0.3, 0.4) is 0 Å². The first-order valence-electron chi connectivity index (χ1n) is 5.95. The van der Waals surface area contributed by atoms with Gasteiger partial charge in [-0.1, -0.05) is 25.1 Å². The van der Waals surface area contributed by atoms with Gasteiger partial charge in [0.2, 0.25) is 5.91 Å². The van der Waals surface area contributed by atoms with Gasteiger partial charge in [-0.15, -0.1) is 0 Å². The number of carbonyl (C=O) groups excluding carboxylic acids is 1. The number of benzene rings is 1. The molecule has 19 heavy (non-hydrogen) atoms. The molecule has 1 amide bonds. The highest BCUT2D eigenvalue weighted by Crippen LogP contribution is 2.31. The van der Waals surface area contributed by atoms with E-state index >= 15 is 0 Å². The fourth-order valence-electron chi connectivity index (χ4n) is 1.81. The summed E-state index contributed by atoms with van der Waals surface area (Å²) < 4.78 is 37.8. The van der Waals surface area contributed by atoms with Crippen LogP contribution in [-0.4, -0.2) is 24.2 Å². The molecule has 2 N–H and O–H groups in total. The van der Waals surface area contributed by atoms with Crippen molar-refractivity contribution < 1.29 is 23.1 Å². The zero-order chi connectivity index (χ0) is 14.5. The van der Waals surface area contributed by atoms with Crippen molar-refractivity contribution >= 4 is 5.91 Å². The summed E-state index contributed by atoms with van der Waals surface area (Å²) in [6.07, 6.45) is -4.03. The molecule has 0 spiro atoms. The summed E-state index contributed by atoms with van der Waals surface area (Å²) in [5.74, 6) is -1.02. The van der Waals surface area contributed by atoms with E-state index in [9.17, 15) is 18.0 Å². The van der Waals surface area contributed by atoms with E-state index in [1.165, 1.54) is 12.1 Å². The molecule has 1 unspecified atom stereocenters. The van der Waals surface area contributed by atoms with Crippen molar-refractivity contribution in [1.29, 1.82) is 0 Å². The molecule has 0 bridgehead atoms. The topological polar surface area (TPSA) is 49.3 Å². The normalized spacial score (nSPS) is 13.1. The van der Waals surface area contributed by atoms with Crippen molar-refractivity contribution in [3.63, 3.8) is 0 Å². The van der Waals surface area contributed by atoms with Crippen molar-refractivity contribution in [1.82, 2.24) is 5.32 Å². The lowest BCUT2D eigenvalue weighted by Gasteiger charge is -2.16. The quantitative estimate of drug-likeness (QED) is 0.866. The molecule has 1 aromatic carbocycles. The Morgan fingerprint density at radius 3 is 2.63 bits per heavy atom. The van der Waals surface area contributed by atoms with E-state index in [0.717, 1.165) is 12.1 Å². The Bertz CT molecular complexity index is 432. The van der Waals surface area contributed by atoms with Crippen LogP contribution in [0.1, 0.15) is 30.4 Å². The SMILES string of the molecule is CCC(C(=O)NCCO)c1cccc(C(F)(F)F)c1. The number of hydrogen-bond donors (Lipinski definition) is 2. The largest absolute Gasteiger partial charge is 0.416 e. The molecule has 0 aromatic heterocycles. The molecular formula is C13H16F3NO2. The van der Waals surface area contributed by atoms with Crippen LogP contribution < -0.4 is 5.32 Å². The van der Waals surface area contributed by atoms with Crippen molar-refractivity contribution in [2.75, 3.05) is 13.2 Å². The van der Waals surface area contributed by atoms with Crippen molar-refractivity contribution in [3.8, 4) is 0 Å². The monoisotopic (exact) mass is 275 g/mol. The maximum Gasteiger partial charge on any atom is 0.416 e. The van der Waals surface area contributed by atoms with E-state index < -0.39 is 17.7 Å². The average molecular weight is 275 g/mol. The third-order valence-electron chi connectivity index (χ3n) is 2.75. The van der Waals surface area contributed by atoms with Crippen LogP contribution in [0.15, 0.2) is 24.3 Å². The van der Waals surface area contributed by atoms with Gasteiger partial charge in [-0.2, -0.15) is 13.2 Å². The first-order chi connectivity index (χ1) is 8.90. The van der Waals surface area contributed by atoms with Gasteiger partial charge in [0.15, 0.2) is 0 Å². The molecule has 0 saturated heterocycles. The van der Waals surface area contributed by atoms with Crippen LogP contribution in [0.5, 0.6) is 0 Å². The second-order valence-corrected chi connectivity index (χ2v) is 4.10. The van der Waals surface area contributed by atoms with Gasteiger partial charge in [0.25, 0.3) is 0 Å². The van der Waals surface area contributed by atoms with E-state index in [1.807, 2.05) is 0 Å². The van der Waals surface area contributed by atoms with Gasteiger partial charge in [0, 0.05) is 6.54 Å². The van der Waals surface area contributed by atoms with E-state index in [-0.39, 0.29) is 19.1 Å². The van der Waals surface area contributed by atoms with Gasteiger partial charge in [0.1, 0.15) is 0 Å². The van der Waals surface area contributed by atoms with Crippen LogP contribution in [0.2, 0.25) is 0 Å². The summed E-state index contributed by atoms with van der Waals surface area (Å²) in [5.41, 5.74) is -0.439. The number of rotatable bonds is 5. The van der Waals surface area contributed by atoms with E-state index in [0.29, 0.717) is 12.0 Å². The second-order valence-electron chi connectivity index (χ2n) is 4.10. The number of nitrogens with one attached hydrogen (secondary N) is 1. The van der Waals surface area contributed by atoms with Crippen LogP contribution in [-0.2, 0) is 11.0 Å². The van der Waals surface area contributed by atoms with Crippen LogP contribution >= 0.6 is 0 Å². The van der Waals surface area contributed by atoms with E-state index in [2.05, 4.69) is 5.32 Å². The van der Waals surface area contributed by atoms with Crippen molar-refractivity contribution in [3.05, 3.63) is 35.4 Å². The standard InChI is InChI=1S/C13H16F3NO2/c1-2-11(12(19)17-6-7-18)9-4-3-5-10(8-9)13(14,15)16/h3-5,8,11,18H,2,6-7H2,1H3,(H,17,19). The number of amides is 1. The molecule has 0 heterocycles. The van der Waals surface area contributed by atoms with Gasteiger partial charge >= 0.3 is 6.18 Å². The fourth-order valence-corrected chi connectivity index (χ4v) is 1.81. The van der Waals surface area contributed by atoms with Crippen molar-refractivity contribution in [2.24, 2.45) is 0 Å². The summed E-state index contributed by atoms with van der Waals surface area (Å²) >= 11 is 0. The highest BCUT2D eigenvalue weighted by molar-refractivity contribution is 5.83. The fraction of sp³-hybridized carbons (Fsp3) is 0.462. The summed E-state index contributed by atoms with van der Waals surface area (Å²) in [6.45, 7) is 1.61. The minimum atomic E-state index is -4.42. The van der Waals surface area contributed by atoms with Crippen LogP contribution in [0, 0.1) is 0 Å². The number of hydrogen-bond acceptors (Lipinski definition) is 2. The van der Waals surface area contributed by atoms with E-state index in [4.69, 9.17) is 5.11 Å². The summed E-state index contributed by atoms with van der Waals surface area (Å²) in [5, 5.41) is 11.1. The molecule has 6 heteroatoms. The van der Waals surface area contributed by atoms with Crippen molar-refractivity contribution in [2.45, 2.75) is 25.4 Å². The Labute approximate surface area is 109 Å². The molecule has 0 aliphatic rings. The number of carbonyl (C=O) groups is 1. The maximum absolute atomic E-state index is 12.6. The predicted molar refractivity (Wildman–Crippen MR) is 64.6 cm³/mol. The van der Waals surface area contributed by atoms with Gasteiger partial charge < -0.3 is 10.4 Å². The average Bonchev–Trinajstić information content (AvgIpc) is 2.36. The molecule has 1 aromatic rings. The van der Waals surface area contributed by atoms with Gasteiger partial charge in [-0.3, -0.25) is 4.79 Å². The summed E-state index contributed by atoms with van der Waals surface area (Å²) in [7, 11) is 0. The molecule has 0 fully saturated rings. The van der Waals surface area contributed by atoms with Crippen LogP contribution in [0.25, 0.3) is 0 Å². The maximum atomic E-state index is 12.6. The molecule has 0 aliphatic heterocycles. The highest BCUT2D eigenvalue weighted by atomic mass is 19.4. The number of halogens is 3. The first kappa shape index (κ1) is 15.5. The zero-order valence-corrected chi connectivity index (χ0v) is 10.5. The molecule has 1 atom stereocenters. The summed E-state index contributed by atoms with van der Waals surface area (Å²) in [4.78, 5) is 11.8. The highest BCUT2D eigenvalue weighted by Gasteiger charge is 2.31.